The molecule has 1 aliphatic rings. The molecule has 0 spiro atoms. The molecule has 6 nitrogen and oxygen atoms in total. The minimum atomic E-state index is 0.0298. The number of carbonyl (C=O) groups excluding carboxylic acids is 1. The van der Waals surface area contributed by atoms with E-state index in [0.717, 1.165) is 43.9 Å². The van der Waals surface area contributed by atoms with Crippen LogP contribution in [0.2, 0.25) is 5.02 Å². The van der Waals surface area contributed by atoms with Gasteiger partial charge in [0.25, 0.3) is 0 Å². The lowest BCUT2D eigenvalue weighted by Crippen LogP contribution is -2.40. The van der Waals surface area contributed by atoms with Crippen molar-refractivity contribution < 1.29 is 19.0 Å². The average molecular weight is 475 g/mol. The second-order valence-electron chi connectivity index (χ2n) is 8.61. The summed E-state index contributed by atoms with van der Waals surface area (Å²) in [5.41, 5.74) is 7.98. The molecule has 2 aromatic rings. The Kier molecular flexibility index (Phi) is 8.87. The van der Waals surface area contributed by atoms with Crippen molar-refractivity contribution in [3.8, 4) is 17.2 Å². The van der Waals surface area contributed by atoms with Crippen LogP contribution < -0.4 is 25.3 Å². The fourth-order valence-electron chi connectivity index (χ4n) is 5.00. The minimum Gasteiger partial charge on any atom is -0.497 e. The highest BCUT2D eigenvalue weighted by atomic mass is 35.5. The van der Waals surface area contributed by atoms with Crippen LogP contribution in [0.3, 0.4) is 0 Å². The van der Waals surface area contributed by atoms with Crippen molar-refractivity contribution in [2.75, 3.05) is 40.2 Å². The van der Waals surface area contributed by atoms with E-state index < -0.39 is 0 Å². The third-order valence-corrected chi connectivity index (χ3v) is 7.12. The molecule has 33 heavy (non-hydrogen) atoms. The first-order valence-electron chi connectivity index (χ1n) is 11.5. The summed E-state index contributed by atoms with van der Waals surface area (Å²) in [6.45, 7) is 4.10. The number of methoxy groups -OCH3 is 3. The number of benzene rings is 2. The molecule has 0 aliphatic carbocycles. The Hall–Kier alpha value is -2.44. The summed E-state index contributed by atoms with van der Waals surface area (Å²) in [6, 6.07) is 9.35. The SMILES string of the molecule is CCC(c1cc(OC)cc(OC)c1)C1CNCCC1CCC(=O)c1cc(Cl)c(N)cc1OC. The Balaban J connectivity index is 1.79. The predicted octanol–water partition coefficient (Wildman–Crippen LogP) is 5.33. The van der Waals surface area contributed by atoms with Gasteiger partial charge < -0.3 is 25.3 Å². The van der Waals surface area contributed by atoms with E-state index >= 15 is 0 Å². The van der Waals surface area contributed by atoms with Crippen LogP contribution in [0.15, 0.2) is 30.3 Å². The number of anilines is 1. The van der Waals surface area contributed by atoms with Crippen molar-refractivity contribution in [3.63, 3.8) is 0 Å². The number of hydrogen-bond donors (Lipinski definition) is 2. The third-order valence-electron chi connectivity index (χ3n) is 6.80. The molecule has 0 amide bonds. The standard InChI is InChI=1S/C26H35ClN2O4/c1-5-20(17-10-18(31-2)12-19(11-17)32-3)22-15-29-9-8-16(22)6-7-25(30)21-13-23(27)24(28)14-26(21)33-4/h10-14,16,20,22,29H,5-9,15,28H2,1-4H3. The quantitative estimate of drug-likeness (QED) is 0.357. The molecule has 180 valence electrons. The van der Waals surface area contributed by atoms with Crippen molar-refractivity contribution in [1.29, 1.82) is 0 Å². The van der Waals surface area contributed by atoms with E-state index in [-0.39, 0.29) is 5.78 Å². The molecule has 1 aliphatic heterocycles. The van der Waals surface area contributed by atoms with Gasteiger partial charge in [-0.05, 0) is 73.9 Å². The number of rotatable bonds is 10. The smallest absolute Gasteiger partial charge is 0.166 e. The van der Waals surface area contributed by atoms with Gasteiger partial charge in [0.15, 0.2) is 5.78 Å². The second-order valence-corrected chi connectivity index (χ2v) is 9.02. The molecule has 3 rings (SSSR count). The molecule has 7 heteroatoms. The summed E-state index contributed by atoms with van der Waals surface area (Å²) in [7, 11) is 4.89. The van der Waals surface area contributed by atoms with Crippen LogP contribution in [-0.2, 0) is 0 Å². The van der Waals surface area contributed by atoms with Crippen LogP contribution in [0.4, 0.5) is 5.69 Å². The number of carbonyl (C=O) groups is 1. The van der Waals surface area contributed by atoms with E-state index in [0.29, 0.717) is 46.2 Å². The Labute approximate surface area is 201 Å². The molecule has 1 saturated heterocycles. The highest BCUT2D eigenvalue weighted by Crippen LogP contribution is 2.41. The number of halogens is 1. The van der Waals surface area contributed by atoms with E-state index in [1.54, 1.807) is 26.4 Å². The van der Waals surface area contributed by atoms with Gasteiger partial charge in [-0.25, -0.2) is 0 Å². The van der Waals surface area contributed by atoms with Crippen molar-refractivity contribution in [3.05, 3.63) is 46.5 Å². The lowest BCUT2D eigenvalue weighted by atomic mass is 9.71. The summed E-state index contributed by atoms with van der Waals surface area (Å²) in [6.07, 6.45) is 3.28. The van der Waals surface area contributed by atoms with Crippen LogP contribution in [-0.4, -0.2) is 40.2 Å². The van der Waals surface area contributed by atoms with Gasteiger partial charge in [0, 0.05) is 18.6 Å². The molecular formula is C26H35ClN2O4. The first-order chi connectivity index (χ1) is 15.9. The molecule has 1 heterocycles. The van der Waals surface area contributed by atoms with Crippen LogP contribution >= 0.6 is 11.6 Å². The molecule has 3 atom stereocenters. The number of Topliss-reactive ketones (excluding diaryl/α,β-unsaturated/α-hetero) is 1. The Morgan fingerprint density at radius 3 is 2.42 bits per heavy atom. The van der Waals surface area contributed by atoms with Gasteiger partial charge in [-0.15, -0.1) is 0 Å². The fraction of sp³-hybridized carbons (Fsp3) is 0.500. The molecule has 0 saturated carbocycles. The van der Waals surface area contributed by atoms with E-state index in [1.807, 2.05) is 6.07 Å². The summed E-state index contributed by atoms with van der Waals surface area (Å²) < 4.78 is 16.4. The summed E-state index contributed by atoms with van der Waals surface area (Å²) in [5.74, 6) is 3.26. The zero-order chi connectivity index (χ0) is 24.0. The number of nitrogen functional groups attached to an aromatic ring is 1. The van der Waals surface area contributed by atoms with E-state index in [2.05, 4.69) is 24.4 Å². The lowest BCUT2D eigenvalue weighted by molar-refractivity contribution is 0.0955. The maximum atomic E-state index is 13.1. The topological polar surface area (TPSA) is 82.8 Å². The molecule has 0 aromatic heterocycles. The lowest BCUT2D eigenvalue weighted by Gasteiger charge is -2.38. The average Bonchev–Trinajstić information content (AvgIpc) is 2.84. The van der Waals surface area contributed by atoms with Gasteiger partial charge in [-0.3, -0.25) is 4.79 Å². The molecule has 1 fully saturated rings. The van der Waals surface area contributed by atoms with Gasteiger partial charge in [0.2, 0.25) is 0 Å². The van der Waals surface area contributed by atoms with Crippen LogP contribution in [0.25, 0.3) is 0 Å². The zero-order valence-corrected chi connectivity index (χ0v) is 20.7. The van der Waals surface area contributed by atoms with Crippen LogP contribution in [0, 0.1) is 11.8 Å². The van der Waals surface area contributed by atoms with Gasteiger partial charge in [0.1, 0.15) is 17.2 Å². The maximum Gasteiger partial charge on any atom is 0.166 e. The molecule has 3 N–H and O–H groups in total. The van der Waals surface area contributed by atoms with E-state index in [4.69, 9.17) is 31.5 Å². The Morgan fingerprint density at radius 1 is 1.12 bits per heavy atom. The molecule has 2 aromatic carbocycles. The number of hydrogen-bond acceptors (Lipinski definition) is 6. The Morgan fingerprint density at radius 2 is 1.82 bits per heavy atom. The van der Waals surface area contributed by atoms with Gasteiger partial charge in [-0.2, -0.15) is 0 Å². The fourth-order valence-corrected chi connectivity index (χ4v) is 5.17. The largest absolute Gasteiger partial charge is 0.497 e. The molecule has 0 bridgehead atoms. The van der Waals surface area contributed by atoms with E-state index in [1.165, 1.54) is 12.7 Å². The van der Waals surface area contributed by atoms with Crippen molar-refractivity contribution in [1.82, 2.24) is 5.32 Å². The van der Waals surface area contributed by atoms with Crippen LogP contribution in [0.5, 0.6) is 17.2 Å². The van der Waals surface area contributed by atoms with E-state index in [9.17, 15) is 4.79 Å². The first-order valence-corrected chi connectivity index (χ1v) is 11.9. The first kappa shape index (κ1) is 25.2. The van der Waals surface area contributed by atoms with Gasteiger partial charge in [0.05, 0.1) is 37.6 Å². The highest BCUT2D eigenvalue weighted by molar-refractivity contribution is 6.33. The summed E-state index contributed by atoms with van der Waals surface area (Å²) in [4.78, 5) is 13.1. The summed E-state index contributed by atoms with van der Waals surface area (Å²) in [5, 5.41) is 3.93. The third kappa shape index (κ3) is 5.92. The molecule has 0 radical (unpaired) electrons. The highest BCUT2D eigenvalue weighted by Gasteiger charge is 2.32. The summed E-state index contributed by atoms with van der Waals surface area (Å²) >= 11 is 6.17. The van der Waals surface area contributed by atoms with Crippen molar-refractivity contribution >= 4 is 23.1 Å². The van der Waals surface area contributed by atoms with Gasteiger partial charge in [-0.1, -0.05) is 18.5 Å². The van der Waals surface area contributed by atoms with Crippen molar-refractivity contribution in [2.24, 2.45) is 11.8 Å². The number of nitrogens with one attached hydrogen (secondary N) is 1. The molecular weight excluding hydrogens is 440 g/mol. The monoisotopic (exact) mass is 474 g/mol. The molecule has 3 unspecified atom stereocenters. The second kappa shape index (κ2) is 11.6. The maximum absolute atomic E-state index is 13.1. The predicted molar refractivity (Wildman–Crippen MR) is 133 cm³/mol. The number of piperidine rings is 1. The van der Waals surface area contributed by atoms with Crippen LogP contribution in [0.1, 0.15) is 54.4 Å². The van der Waals surface area contributed by atoms with Gasteiger partial charge >= 0.3 is 0 Å². The normalized spacial score (nSPS) is 19.1. The number of ether oxygens (including phenoxy) is 3. The number of nitrogens with two attached hydrogens (primary N) is 1. The van der Waals surface area contributed by atoms with Crippen molar-refractivity contribution in [2.45, 2.75) is 38.5 Å². The minimum absolute atomic E-state index is 0.0298. The Bertz CT molecular complexity index is 943. The zero-order valence-electron chi connectivity index (χ0n) is 19.9. The number of ketones is 1.